The van der Waals surface area contributed by atoms with Crippen molar-refractivity contribution >= 4 is 17.4 Å². The third kappa shape index (κ3) is 2.39. The molecule has 0 radical (unpaired) electrons. The van der Waals surface area contributed by atoms with Gasteiger partial charge < -0.3 is 14.8 Å². The molecule has 0 saturated heterocycles. The van der Waals surface area contributed by atoms with Gasteiger partial charge >= 0.3 is 0 Å². The summed E-state index contributed by atoms with van der Waals surface area (Å²) in [5.74, 6) is 3.07. The Labute approximate surface area is 170 Å². The summed E-state index contributed by atoms with van der Waals surface area (Å²) < 4.78 is 14.3. The van der Waals surface area contributed by atoms with E-state index < -0.39 is 0 Å². The van der Waals surface area contributed by atoms with E-state index in [4.69, 9.17) is 14.6 Å². The second-order valence-electron chi connectivity index (χ2n) is 7.39. The molecule has 0 fully saturated rings. The number of fused-ring (bicyclic) bond motifs is 3. The second-order valence-corrected chi connectivity index (χ2v) is 7.39. The number of carbonyl (C=O) groups excluding carboxylic acids is 1. The summed E-state index contributed by atoms with van der Waals surface area (Å²) in [4.78, 5) is 12.6. The summed E-state index contributed by atoms with van der Waals surface area (Å²) in [6.45, 7) is 3.98. The molecule has 1 amide bonds. The highest BCUT2D eigenvalue weighted by molar-refractivity contribution is 5.95. The predicted molar refractivity (Wildman–Crippen MR) is 105 cm³/mol. The Hall–Kier alpha value is -3.95. The molecule has 1 N–H and O–H groups in total. The average Bonchev–Trinajstić information content (AvgIpc) is 3.44. The van der Waals surface area contributed by atoms with Gasteiger partial charge in [0.15, 0.2) is 28.8 Å². The molecule has 4 aromatic rings. The lowest BCUT2D eigenvalue weighted by Gasteiger charge is -2.24. The van der Waals surface area contributed by atoms with Gasteiger partial charge in [0.1, 0.15) is 5.82 Å². The zero-order valence-electron chi connectivity index (χ0n) is 16.3. The normalized spacial score (nSPS) is 17.3. The van der Waals surface area contributed by atoms with Crippen LogP contribution in [0.3, 0.4) is 0 Å². The molecular weight excluding hydrogens is 386 g/mol. The van der Waals surface area contributed by atoms with Gasteiger partial charge in [0, 0.05) is 17.9 Å². The molecule has 2 aliphatic heterocycles. The Bertz CT molecular complexity index is 1340. The van der Waals surface area contributed by atoms with Crippen LogP contribution in [0.1, 0.15) is 35.0 Å². The van der Waals surface area contributed by atoms with Crippen LogP contribution >= 0.6 is 0 Å². The molecule has 0 saturated carbocycles. The summed E-state index contributed by atoms with van der Waals surface area (Å²) >= 11 is 0. The number of hydrogen-bond donors (Lipinski definition) is 1. The van der Waals surface area contributed by atoms with Gasteiger partial charge in [-0.1, -0.05) is 6.07 Å². The van der Waals surface area contributed by atoms with E-state index in [2.05, 4.69) is 20.6 Å². The highest BCUT2D eigenvalue weighted by Gasteiger charge is 2.33. The highest BCUT2D eigenvalue weighted by Crippen LogP contribution is 2.43. The molecule has 0 bridgehead atoms. The quantitative estimate of drug-likeness (QED) is 0.546. The van der Waals surface area contributed by atoms with E-state index in [9.17, 15) is 4.79 Å². The van der Waals surface area contributed by atoms with Crippen molar-refractivity contribution < 1.29 is 14.3 Å². The van der Waals surface area contributed by atoms with E-state index in [1.54, 1.807) is 9.20 Å². The molecule has 0 spiro atoms. The van der Waals surface area contributed by atoms with E-state index in [0.717, 1.165) is 16.8 Å². The topological polar surface area (TPSA) is 108 Å². The number of benzene rings is 1. The van der Waals surface area contributed by atoms with Crippen LogP contribution < -0.4 is 14.8 Å². The first kappa shape index (κ1) is 17.0. The van der Waals surface area contributed by atoms with Crippen LogP contribution in [-0.4, -0.2) is 42.3 Å². The molecule has 1 unspecified atom stereocenters. The summed E-state index contributed by atoms with van der Waals surface area (Å²) in [5.41, 5.74) is 3.43. The number of hydrogen-bond acceptors (Lipinski definition) is 7. The summed E-state index contributed by atoms with van der Waals surface area (Å²) in [5, 5.41) is 20.4. The Balaban J connectivity index is 1.50. The van der Waals surface area contributed by atoms with Gasteiger partial charge in [-0.15, -0.1) is 15.3 Å². The van der Waals surface area contributed by atoms with E-state index in [1.165, 1.54) is 0 Å². The first-order valence-corrected chi connectivity index (χ1v) is 9.57. The predicted octanol–water partition coefficient (Wildman–Crippen LogP) is 2.13. The minimum absolute atomic E-state index is 0.0760. The Morgan fingerprint density at radius 2 is 1.93 bits per heavy atom. The maximum absolute atomic E-state index is 12.6. The van der Waals surface area contributed by atoms with Crippen LogP contribution in [0.4, 0.5) is 5.82 Å². The second kappa shape index (κ2) is 6.02. The number of carbonyl (C=O) groups is 1. The lowest BCUT2D eigenvalue weighted by Crippen LogP contribution is -2.25. The first-order valence-electron chi connectivity index (χ1n) is 9.57. The van der Waals surface area contributed by atoms with Gasteiger partial charge in [-0.3, -0.25) is 4.79 Å². The van der Waals surface area contributed by atoms with Crippen molar-refractivity contribution in [2.24, 2.45) is 0 Å². The first-order chi connectivity index (χ1) is 14.6. The third-order valence-electron chi connectivity index (χ3n) is 5.52. The number of rotatable bonds is 2. The van der Waals surface area contributed by atoms with Crippen molar-refractivity contribution in [1.82, 2.24) is 29.6 Å². The number of nitrogens with zero attached hydrogens (tertiary/aromatic N) is 6. The van der Waals surface area contributed by atoms with Gasteiger partial charge in [0.25, 0.3) is 0 Å². The van der Waals surface area contributed by atoms with Crippen LogP contribution in [0, 0.1) is 13.8 Å². The third-order valence-corrected chi connectivity index (χ3v) is 5.52. The molecule has 10 nitrogen and oxygen atoms in total. The molecule has 30 heavy (non-hydrogen) atoms. The maximum Gasteiger partial charge on any atom is 0.231 e. The van der Waals surface area contributed by atoms with E-state index >= 15 is 0 Å². The molecular formula is C20H17N7O3. The zero-order chi connectivity index (χ0) is 20.4. The lowest BCUT2D eigenvalue weighted by molar-refractivity contribution is -0.116. The minimum atomic E-state index is -0.141. The molecule has 6 rings (SSSR count). The van der Waals surface area contributed by atoms with Crippen LogP contribution in [0.25, 0.3) is 11.5 Å². The average molecular weight is 403 g/mol. The van der Waals surface area contributed by atoms with Crippen molar-refractivity contribution in [3.63, 3.8) is 0 Å². The van der Waals surface area contributed by atoms with Crippen molar-refractivity contribution in [2.45, 2.75) is 26.2 Å². The van der Waals surface area contributed by atoms with Gasteiger partial charge in [-0.05, 0) is 43.7 Å². The number of amides is 1. The summed E-state index contributed by atoms with van der Waals surface area (Å²) in [6, 6.07) is 9.44. The monoisotopic (exact) mass is 403 g/mol. The Kier molecular flexibility index (Phi) is 3.40. The SMILES string of the molecule is Cc1nn(-c2ccc3nnc(C)n3n2)c2c1C(c1ccc3c(c1)OCO3)CC(=O)N2. The molecule has 1 atom stereocenters. The number of aryl methyl sites for hydroxylation is 2. The van der Waals surface area contributed by atoms with Crippen molar-refractivity contribution in [3.8, 4) is 17.3 Å². The molecule has 10 heteroatoms. The molecule has 0 aliphatic carbocycles. The standard InChI is InChI=1S/C20H17N7O3/c1-10-19-13(12-3-4-14-15(7-12)30-9-29-14)8-18(28)21-20(19)27(24-10)17-6-5-16-23-22-11(2)26(16)25-17/h3-7,13H,8-9H2,1-2H3,(H,21,28). The smallest absolute Gasteiger partial charge is 0.231 e. The van der Waals surface area contributed by atoms with Gasteiger partial charge in [0.2, 0.25) is 12.7 Å². The minimum Gasteiger partial charge on any atom is -0.454 e. The van der Waals surface area contributed by atoms with Crippen molar-refractivity contribution in [1.29, 1.82) is 0 Å². The van der Waals surface area contributed by atoms with Gasteiger partial charge in [-0.2, -0.15) is 14.3 Å². The fourth-order valence-electron chi connectivity index (χ4n) is 4.13. The fraction of sp³-hybridized carbons (Fsp3) is 0.250. The Morgan fingerprint density at radius 1 is 1.07 bits per heavy atom. The molecule has 150 valence electrons. The van der Waals surface area contributed by atoms with E-state index in [1.807, 2.05) is 44.2 Å². The number of nitrogens with one attached hydrogen (secondary N) is 1. The van der Waals surface area contributed by atoms with Gasteiger partial charge in [-0.25, -0.2) is 0 Å². The number of anilines is 1. The van der Waals surface area contributed by atoms with Gasteiger partial charge in [0.05, 0.1) is 5.69 Å². The van der Waals surface area contributed by atoms with Crippen molar-refractivity contribution in [3.05, 3.63) is 53.0 Å². The van der Waals surface area contributed by atoms with Crippen LogP contribution in [-0.2, 0) is 4.79 Å². The zero-order valence-corrected chi connectivity index (χ0v) is 16.3. The van der Waals surface area contributed by atoms with Crippen LogP contribution in [0.5, 0.6) is 11.5 Å². The Morgan fingerprint density at radius 3 is 2.83 bits per heavy atom. The van der Waals surface area contributed by atoms with E-state index in [-0.39, 0.29) is 18.6 Å². The van der Waals surface area contributed by atoms with Crippen molar-refractivity contribution in [2.75, 3.05) is 12.1 Å². The number of ether oxygens (including phenoxy) is 2. The molecule has 2 aliphatic rings. The number of aromatic nitrogens is 6. The molecule has 1 aromatic carbocycles. The molecule has 3 aromatic heterocycles. The largest absolute Gasteiger partial charge is 0.454 e. The maximum atomic E-state index is 12.6. The summed E-state index contributed by atoms with van der Waals surface area (Å²) in [6.07, 6.45) is 0.330. The fourth-order valence-corrected chi connectivity index (χ4v) is 4.13. The van der Waals surface area contributed by atoms with E-state index in [0.29, 0.717) is 41.0 Å². The lowest BCUT2D eigenvalue weighted by atomic mass is 9.85. The molecule has 5 heterocycles. The van der Waals surface area contributed by atoms with Crippen LogP contribution in [0.15, 0.2) is 30.3 Å². The summed E-state index contributed by atoms with van der Waals surface area (Å²) in [7, 11) is 0. The van der Waals surface area contributed by atoms with Crippen LogP contribution in [0.2, 0.25) is 0 Å². The highest BCUT2D eigenvalue weighted by atomic mass is 16.7.